The van der Waals surface area contributed by atoms with Crippen LogP contribution in [0.5, 0.6) is 0 Å². The smallest absolute Gasteiger partial charge is 0.253 e. The minimum Gasteiger partial charge on any atom is -0.348 e. The fourth-order valence-corrected chi connectivity index (χ4v) is 3.63. The number of rotatable bonds is 4. The van der Waals surface area contributed by atoms with Crippen molar-refractivity contribution in [3.63, 3.8) is 0 Å². The maximum Gasteiger partial charge on any atom is 0.253 e. The molecule has 0 bridgehead atoms. The van der Waals surface area contributed by atoms with Crippen molar-refractivity contribution in [2.24, 2.45) is 0 Å². The lowest BCUT2D eigenvalue weighted by atomic mass is 10.1. The van der Waals surface area contributed by atoms with Crippen LogP contribution in [0.4, 0.5) is 4.39 Å². The number of nitrogens with one attached hydrogen (secondary N) is 1. The van der Waals surface area contributed by atoms with Gasteiger partial charge < -0.3 is 15.1 Å². The molecule has 2 amide bonds. The van der Waals surface area contributed by atoms with Gasteiger partial charge in [-0.1, -0.05) is 12.1 Å². The van der Waals surface area contributed by atoms with Gasteiger partial charge in [-0.25, -0.2) is 4.39 Å². The van der Waals surface area contributed by atoms with Crippen molar-refractivity contribution in [3.8, 4) is 0 Å². The van der Waals surface area contributed by atoms with E-state index in [0.717, 1.165) is 31.7 Å². The zero-order valence-electron chi connectivity index (χ0n) is 15.0. The van der Waals surface area contributed by atoms with Crippen molar-refractivity contribution < 1.29 is 14.0 Å². The highest BCUT2D eigenvalue weighted by Gasteiger charge is 2.20. The molecule has 0 unspecified atom stereocenters. The van der Waals surface area contributed by atoms with Crippen LogP contribution >= 0.6 is 22.6 Å². The molecule has 0 atom stereocenters. The molecule has 27 heavy (non-hydrogen) atoms. The van der Waals surface area contributed by atoms with E-state index in [-0.39, 0.29) is 17.6 Å². The van der Waals surface area contributed by atoms with Gasteiger partial charge >= 0.3 is 0 Å². The Morgan fingerprint density at radius 1 is 1.07 bits per heavy atom. The lowest BCUT2D eigenvalue weighted by Crippen LogP contribution is -2.47. The molecule has 7 heteroatoms. The van der Waals surface area contributed by atoms with E-state index >= 15 is 0 Å². The van der Waals surface area contributed by atoms with E-state index in [0.29, 0.717) is 21.2 Å². The Hall–Kier alpha value is -2.00. The van der Waals surface area contributed by atoms with E-state index in [1.54, 1.807) is 12.1 Å². The summed E-state index contributed by atoms with van der Waals surface area (Å²) in [5, 5.41) is 2.83. The predicted octanol–water partition coefficient (Wildman–Crippen LogP) is 2.75. The van der Waals surface area contributed by atoms with E-state index in [9.17, 15) is 14.0 Å². The standard InChI is InChI=1S/C20H21FIN3O2/c1-24-8-10-25(11-9-24)20(27)15-4-2-14(3-5-15)13-23-19(26)17-7-6-16(21)12-18(17)22/h2-7,12H,8-11,13H2,1H3,(H,23,26). The number of halogens is 2. The molecular weight excluding hydrogens is 460 g/mol. The van der Waals surface area contributed by atoms with Gasteiger partial charge in [0.1, 0.15) is 5.82 Å². The first-order chi connectivity index (χ1) is 12.9. The molecule has 1 heterocycles. The van der Waals surface area contributed by atoms with Crippen LogP contribution in [-0.2, 0) is 6.54 Å². The Morgan fingerprint density at radius 3 is 2.37 bits per heavy atom. The molecule has 1 aliphatic rings. The van der Waals surface area contributed by atoms with Gasteiger partial charge in [-0.05, 0) is 65.5 Å². The first-order valence-electron chi connectivity index (χ1n) is 8.74. The lowest BCUT2D eigenvalue weighted by Gasteiger charge is -2.32. The number of carbonyl (C=O) groups excluding carboxylic acids is 2. The summed E-state index contributed by atoms with van der Waals surface area (Å²) in [6, 6.07) is 11.4. The highest BCUT2D eigenvalue weighted by molar-refractivity contribution is 14.1. The molecule has 0 saturated carbocycles. The molecule has 2 aromatic carbocycles. The van der Waals surface area contributed by atoms with Gasteiger partial charge in [0.05, 0.1) is 5.56 Å². The quantitative estimate of drug-likeness (QED) is 0.684. The van der Waals surface area contributed by atoms with Crippen LogP contribution in [0.3, 0.4) is 0 Å². The largest absolute Gasteiger partial charge is 0.348 e. The van der Waals surface area contributed by atoms with Crippen molar-refractivity contribution in [3.05, 3.63) is 68.5 Å². The minimum atomic E-state index is -0.364. The highest BCUT2D eigenvalue weighted by Crippen LogP contribution is 2.14. The highest BCUT2D eigenvalue weighted by atomic mass is 127. The van der Waals surface area contributed by atoms with Gasteiger partial charge in [-0.15, -0.1) is 0 Å². The molecule has 142 valence electrons. The van der Waals surface area contributed by atoms with Crippen molar-refractivity contribution in [1.29, 1.82) is 0 Å². The number of amides is 2. The number of hydrogen-bond donors (Lipinski definition) is 1. The number of benzene rings is 2. The minimum absolute atomic E-state index is 0.0413. The van der Waals surface area contributed by atoms with E-state index in [1.165, 1.54) is 18.2 Å². The molecule has 1 aliphatic heterocycles. The summed E-state index contributed by atoms with van der Waals surface area (Å²) < 4.78 is 13.7. The third-order valence-electron chi connectivity index (χ3n) is 4.62. The Balaban J connectivity index is 1.57. The second kappa shape index (κ2) is 8.79. The first kappa shape index (κ1) is 19.8. The van der Waals surface area contributed by atoms with Gasteiger partial charge in [0.15, 0.2) is 0 Å². The Bertz CT molecular complexity index is 834. The Morgan fingerprint density at radius 2 is 1.74 bits per heavy atom. The molecule has 3 rings (SSSR count). The zero-order chi connectivity index (χ0) is 19.4. The van der Waals surface area contributed by atoms with E-state index in [2.05, 4.69) is 17.3 Å². The molecule has 2 aromatic rings. The second-order valence-electron chi connectivity index (χ2n) is 6.60. The average Bonchev–Trinajstić information content (AvgIpc) is 2.66. The molecule has 5 nitrogen and oxygen atoms in total. The van der Waals surface area contributed by atoms with E-state index < -0.39 is 0 Å². The molecule has 0 radical (unpaired) electrons. The number of piperazine rings is 1. The SMILES string of the molecule is CN1CCN(C(=O)c2ccc(CNC(=O)c3ccc(F)cc3I)cc2)CC1. The zero-order valence-corrected chi connectivity index (χ0v) is 17.2. The monoisotopic (exact) mass is 481 g/mol. The van der Waals surface area contributed by atoms with Gasteiger partial charge in [-0.3, -0.25) is 9.59 Å². The van der Waals surface area contributed by atoms with Crippen LogP contribution in [0, 0.1) is 9.39 Å². The first-order valence-corrected chi connectivity index (χ1v) is 9.82. The second-order valence-corrected chi connectivity index (χ2v) is 7.76. The van der Waals surface area contributed by atoms with Crippen LogP contribution in [0.15, 0.2) is 42.5 Å². The molecule has 1 fully saturated rings. The summed E-state index contributed by atoms with van der Waals surface area (Å²) in [7, 11) is 2.05. The van der Waals surface area contributed by atoms with E-state index in [4.69, 9.17) is 0 Å². The summed E-state index contributed by atoms with van der Waals surface area (Å²) in [4.78, 5) is 28.9. The Kier molecular flexibility index (Phi) is 6.43. The number of likely N-dealkylation sites (N-methyl/N-ethyl adjacent to an activating group) is 1. The predicted molar refractivity (Wildman–Crippen MR) is 110 cm³/mol. The molecule has 0 spiro atoms. The van der Waals surface area contributed by atoms with Crippen molar-refractivity contribution >= 4 is 34.4 Å². The fourth-order valence-electron chi connectivity index (χ4n) is 2.91. The topological polar surface area (TPSA) is 52.6 Å². The summed E-state index contributed by atoms with van der Waals surface area (Å²) >= 11 is 1.94. The van der Waals surface area contributed by atoms with Crippen LogP contribution < -0.4 is 5.32 Å². The maximum absolute atomic E-state index is 13.1. The van der Waals surface area contributed by atoms with Gasteiger partial charge in [0, 0.05) is 41.9 Å². The molecule has 1 N–H and O–H groups in total. The molecular formula is C20H21FIN3O2. The van der Waals surface area contributed by atoms with E-state index in [1.807, 2.05) is 39.6 Å². The summed E-state index contributed by atoms with van der Waals surface area (Å²) in [6.07, 6.45) is 0. The average molecular weight is 481 g/mol. The number of nitrogens with zero attached hydrogens (tertiary/aromatic N) is 2. The van der Waals surface area contributed by atoms with Crippen LogP contribution in [0.1, 0.15) is 26.3 Å². The van der Waals surface area contributed by atoms with Crippen molar-refractivity contribution in [1.82, 2.24) is 15.1 Å². The summed E-state index contributed by atoms with van der Waals surface area (Å²) in [5.41, 5.74) is 2.00. The third-order valence-corrected chi connectivity index (χ3v) is 5.51. The molecule has 1 saturated heterocycles. The van der Waals surface area contributed by atoms with Gasteiger partial charge in [0.2, 0.25) is 0 Å². The van der Waals surface area contributed by atoms with Crippen LogP contribution in [0.2, 0.25) is 0 Å². The van der Waals surface area contributed by atoms with Gasteiger partial charge in [0.25, 0.3) is 11.8 Å². The van der Waals surface area contributed by atoms with Crippen LogP contribution in [0.25, 0.3) is 0 Å². The molecule has 0 aliphatic carbocycles. The van der Waals surface area contributed by atoms with Crippen LogP contribution in [-0.4, -0.2) is 54.8 Å². The fraction of sp³-hybridized carbons (Fsp3) is 0.300. The summed E-state index contributed by atoms with van der Waals surface area (Å²) in [6.45, 7) is 3.60. The third kappa shape index (κ3) is 5.04. The lowest BCUT2D eigenvalue weighted by molar-refractivity contribution is 0.0664. The number of hydrogen-bond acceptors (Lipinski definition) is 3. The number of carbonyl (C=O) groups is 2. The van der Waals surface area contributed by atoms with Gasteiger partial charge in [-0.2, -0.15) is 0 Å². The summed E-state index contributed by atoms with van der Waals surface area (Å²) in [5.74, 6) is -0.576. The normalized spacial score (nSPS) is 14.9. The van der Waals surface area contributed by atoms with Crippen molar-refractivity contribution in [2.45, 2.75) is 6.54 Å². The van der Waals surface area contributed by atoms with Crippen molar-refractivity contribution in [2.75, 3.05) is 33.2 Å². The maximum atomic E-state index is 13.1. The Labute approximate surface area is 171 Å². The molecule has 0 aromatic heterocycles.